The number of oxime groups is 1. The lowest BCUT2D eigenvalue weighted by Gasteiger charge is -2.23. The van der Waals surface area contributed by atoms with Crippen molar-refractivity contribution < 1.29 is 5.21 Å². The highest BCUT2D eigenvalue weighted by molar-refractivity contribution is 6.47. The molecule has 102 valence electrons. The smallest absolute Gasteiger partial charge is 0.108 e. The molecule has 1 aliphatic rings. The highest BCUT2D eigenvalue weighted by Gasteiger charge is 2.22. The molecular formula is C14H25N3O. The van der Waals surface area contributed by atoms with Crippen molar-refractivity contribution in [3.8, 4) is 0 Å². The third-order valence-electron chi connectivity index (χ3n) is 2.65. The number of rotatable bonds is 4. The third-order valence-corrected chi connectivity index (χ3v) is 2.65. The zero-order valence-electron chi connectivity index (χ0n) is 11.7. The molecule has 0 amide bonds. The summed E-state index contributed by atoms with van der Waals surface area (Å²) in [6.45, 7) is 11.5. The predicted molar refractivity (Wildman–Crippen MR) is 78.6 cm³/mol. The van der Waals surface area contributed by atoms with Crippen LogP contribution in [0.2, 0.25) is 0 Å². The second-order valence-electron chi connectivity index (χ2n) is 3.71. The van der Waals surface area contributed by atoms with Crippen molar-refractivity contribution in [2.24, 2.45) is 16.1 Å². The molecule has 0 aromatic rings. The van der Waals surface area contributed by atoms with Crippen molar-refractivity contribution in [2.45, 2.75) is 33.6 Å². The van der Waals surface area contributed by atoms with Crippen LogP contribution in [0.15, 0.2) is 35.1 Å². The molecule has 1 aliphatic heterocycles. The van der Waals surface area contributed by atoms with E-state index in [0.29, 0.717) is 11.4 Å². The van der Waals surface area contributed by atoms with E-state index in [2.05, 4.69) is 22.0 Å². The summed E-state index contributed by atoms with van der Waals surface area (Å²) >= 11 is 0. The van der Waals surface area contributed by atoms with Gasteiger partial charge in [0.2, 0.25) is 0 Å². The third kappa shape index (κ3) is 5.27. The van der Waals surface area contributed by atoms with Crippen molar-refractivity contribution in [3.63, 3.8) is 0 Å². The Hall–Kier alpha value is -1.42. The van der Waals surface area contributed by atoms with Gasteiger partial charge in [-0.25, -0.2) is 0 Å². The van der Waals surface area contributed by atoms with E-state index in [0.717, 1.165) is 25.9 Å². The lowest BCUT2D eigenvalue weighted by Crippen LogP contribution is -2.34. The molecule has 4 heteroatoms. The standard InChI is InChI=1S/C12H19N3O.C2H6/c1-3-7-14-11(4-2)12(15-16)10-5-8-13-9-6-10;1-2/h3-4,7,10,13,16H,2,5-6,8-9H2,1H3;1-2H3/b7-3-,14-11-,15-12+;. The fourth-order valence-electron chi connectivity index (χ4n) is 1.82. The molecule has 0 unspecified atom stereocenters. The quantitative estimate of drug-likeness (QED) is 0.458. The van der Waals surface area contributed by atoms with Crippen LogP contribution in [-0.2, 0) is 0 Å². The predicted octanol–water partition coefficient (Wildman–Crippen LogP) is 3.00. The highest BCUT2D eigenvalue weighted by atomic mass is 16.4. The fraction of sp³-hybridized carbons (Fsp3) is 0.571. The lowest BCUT2D eigenvalue weighted by atomic mass is 9.90. The molecule has 0 atom stereocenters. The van der Waals surface area contributed by atoms with Crippen LogP contribution in [0.5, 0.6) is 0 Å². The largest absolute Gasteiger partial charge is 0.411 e. The molecule has 2 N–H and O–H groups in total. The second-order valence-corrected chi connectivity index (χ2v) is 3.71. The van der Waals surface area contributed by atoms with Gasteiger partial charge in [0.1, 0.15) is 5.71 Å². The van der Waals surface area contributed by atoms with Crippen LogP contribution < -0.4 is 5.32 Å². The van der Waals surface area contributed by atoms with E-state index >= 15 is 0 Å². The van der Waals surface area contributed by atoms with Crippen LogP contribution >= 0.6 is 0 Å². The number of aliphatic imine (C=N–C) groups is 1. The first-order chi connectivity index (χ1) is 8.83. The topological polar surface area (TPSA) is 57.0 Å². The molecule has 1 saturated heterocycles. The van der Waals surface area contributed by atoms with Gasteiger partial charge in [0, 0.05) is 12.1 Å². The van der Waals surface area contributed by atoms with Gasteiger partial charge in [-0.3, -0.25) is 4.99 Å². The monoisotopic (exact) mass is 251 g/mol. The number of nitrogens with one attached hydrogen (secondary N) is 1. The molecule has 0 aromatic heterocycles. The van der Waals surface area contributed by atoms with E-state index in [1.807, 2.05) is 26.8 Å². The van der Waals surface area contributed by atoms with Crippen molar-refractivity contribution in [1.29, 1.82) is 0 Å². The van der Waals surface area contributed by atoms with Gasteiger partial charge in [-0.2, -0.15) is 0 Å². The van der Waals surface area contributed by atoms with Crippen molar-refractivity contribution >= 4 is 11.4 Å². The first kappa shape index (κ1) is 16.6. The van der Waals surface area contributed by atoms with Crippen molar-refractivity contribution in [2.75, 3.05) is 13.1 Å². The molecule has 0 spiro atoms. The van der Waals surface area contributed by atoms with E-state index in [4.69, 9.17) is 5.21 Å². The average molecular weight is 251 g/mol. The second kappa shape index (κ2) is 10.7. The molecule has 1 fully saturated rings. The lowest BCUT2D eigenvalue weighted by molar-refractivity contribution is 0.313. The summed E-state index contributed by atoms with van der Waals surface area (Å²) < 4.78 is 0. The SMILES string of the molecule is C=CC(=N/C=C\C)/C(=N/O)C1CCNCC1.CC. The Bertz CT molecular complexity index is 313. The zero-order chi connectivity index (χ0) is 13.8. The molecular weight excluding hydrogens is 226 g/mol. The Morgan fingerprint density at radius 3 is 2.39 bits per heavy atom. The first-order valence-electron chi connectivity index (χ1n) is 6.58. The van der Waals surface area contributed by atoms with Gasteiger partial charge in [0.05, 0.1) is 5.71 Å². The molecule has 0 aromatic carbocycles. The fourth-order valence-corrected chi connectivity index (χ4v) is 1.82. The Labute approximate surface area is 110 Å². The van der Waals surface area contributed by atoms with E-state index in [1.54, 1.807) is 12.3 Å². The molecule has 0 saturated carbocycles. The Kier molecular flexibility index (Phi) is 9.87. The van der Waals surface area contributed by atoms with Crippen LogP contribution in [0.3, 0.4) is 0 Å². The Morgan fingerprint density at radius 1 is 1.33 bits per heavy atom. The number of allylic oxidation sites excluding steroid dienone is 2. The van der Waals surface area contributed by atoms with Crippen LogP contribution in [0.1, 0.15) is 33.6 Å². The maximum absolute atomic E-state index is 9.09. The van der Waals surface area contributed by atoms with Gasteiger partial charge in [-0.15, -0.1) is 0 Å². The minimum Gasteiger partial charge on any atom is -0.411 e. The van der Waals surface area contributed by atoms with Crippen molar-refractivity contribution in [1.82, 2.24) is 5.32 Å². The first-order valence-corrected chi connectivity index (χ1v) is 6.58. The molecule has 1 heterocycles. The van der Waals surface area contributed by atoms with Gasteiger partial charge in [-0.05, 0) is 38.9 Å². The van der Waals surface area contributed by atoms with E-state index in [1.165, 1.54) is 0 Å². The molecule has 0 aliphatic carbocycles. The molecule has 1 rings (SSSR count). The minimum atomic E-state index is 0.272. The van der Waals surface area contributed by atoms with E-state index in [-0.39, 0.29) is 5.92 Å². The number of hydrogen-bond donors (Lipinski definition) is 2. The summed E-state index contributed by atoms with van der Waals surface area (Å²) in [5, 5.41) is 15.8. The number of piperidine rings is 1. The Balaban J connectivity index is 0.00000137. The van der Waals surface area contributed by atoms with Gasteiger partial charge in [0.25, 0.3) is 0 Å². The average Bonchev–Trinajstić information content (AvgIpc) is 2.46. The van der Waals surface area contributed by atoms with E-state index < -0.39 is 0 Å². The number of hydrogen-bond acceptors (Lipinski definition) is 4. The minimum absolute atomic E-state index is 0.272. The van der Waals surface area contributed by atoms with Gasteiger partial charge in [0.15, 0.2) is 0 Å². The van der Waals surface area contributed by atoms with Crippen LogP contribution in [0, 0.1) is 5.92 Å². The molecule has 0 radical (unpaired) electrons. The summed E-state index contributed by atoms with van der Waals surface area (Å²) in [7, 11) is 0. The van der Waals surface area contributed by atoms with Gasteiger partial charge < -0.3 is 10.5 Å². The Morgan fingerprint density at radius 2 is 1.94 bits per heavy atom. The number of nitrogens with zero attached hydrogens (tertiary/aromatic N) is 2. The summed E-state index contributed by atoms with van der Waals surface area (Å²) in [5.74, 6) is 0.272. The maximum Gasteiger partial charge on any atom is 0.108 e. The molecule has 18 heavy (non-hydrogen) atoms. The summed E-state index contributed by atoms with van der Waals surface area (Å²) in [5.41, 5.74) is 1.31. The van der Waals surface area contributed by atoms with Gasteiger partial charge >= 0.3 is 0 Å². The van der Waals surface area contributed by atoms with Crippen LogP contribution in [0.4, 0.5) is 0 Å². The van der Waals surface area contributed by atoms with E-state index in [9.17, 15) is 0 Å². The van der Waals surface area contributed by atoms with Crippen LogP contribution in [0.25, 0.3) is 0 Å². The zero-order valence-corrected chi connectivity index (χ0v) is 11.7. The summed E-state index contributed by atoms with van der Waals surface area (Å²) in [6, 6.07) is 0. The van der Waals surface area contributed by atoms with Crippen LogP contribution in [-0.4, -0.2) is 29.7 Å². The summed E-state index contributed by atoms with van der Waals surface area (Å²) in [6.07, 6.45) is 7.10. The maximum atomic E-state index is 9.09. The highest BCUT2D eigenvalue weighted by Crippen LogP contribution is 2.15. The molecule has 0 bridgehead atoms. The van der Waals surface area contributed by atoms with Gasteiger partial charge in [-0.1, -0.05) is 31.7 Å². The van der Waals surface area contributed by atoms with Crippen molar-refractivity contribution in [3.05, 3.63) is 24.9 Å². The normalized spacial score (nSPS) is 18.4. The molecule has 4 nitrogen and oxygen atoms in total. The summed E-state index contributed by atoms with van der Waals surface area (Å²) in [4.78, 5) is 4.21.